The van der Waals surface area contributed by atoms with Crippen molar-refractivity contribution in [2.45, 2.75) is 26.4 Å². The number of hydrogen-bond donors (Lipinski definition) is 0. The van der Waals surface area contributed by atoms with Crippen molar-refractivity contribution in [3.8, 4) is 5.75 Å². The van der Waals surface area contributed by atoms with E-state index in [1.54, 1.807) is 0 Å². The third-order valence-electron chi connectivity index (χ3n) is 2.85. The van der Waals surface area contributed by atoms with Gasteiger partial charge in [0.05, 0.1) is 0 Å². The molecule has 0 bridgehead atoms. The Morgan fingerprint density at radius 1 is 1.19 bits per heavy atom. The highest BCUT2D eigenvalue weighted by Gasteiger charge is 2.23. The number of hydrogen-bond acceptors (Lipinski definition) is 2. The predicted octanol–water partition coefficient (Wildman–Crippen LogP) is 3.93. The third-order valence-corrected chi connectivity index (χ3v) is 2.85. The van der Waals surface area contributed by atoms with Crippen molar-refractivity contribution in [2.75, 3.05) is 0 Å². The summed E-state index contributed by atoms with van der Waals surface area (Å²) in [5, 5.41) is 1.13. The average Bonchev–Trinajstić information content (AvgIpc) is 2.56. The summed E-state index contributed by atoms with van der Waals surface area (Å²) in [7, 11) is 0. The van der Waals surface area contributed by atoms with Gasteiger partial charge in [-0.05, 0) is 45.0 Å². The summed E-state index contributed by atoms with van der Waals surface area (Å²) in [6.45, 7) is 6.07. The van der Waals surface area contributed by atoms with Crippen molar-refractivity contribution in [1.29, 1.82) is 0 Å². The summed E-state index contributed by atoms with van der Waals surface area (Å²) in [4.78, 5) is 0. The van der Waals surface area contributed by atoms with E-state index in [0.29, 0.717) is 0 Å². The first-order valence-electron chi connectivity index (χ1n) is 5.47. The molecule has 0 fully saturated rings. The van der Waals surface area contributed by atoms with Crippen LogP contribution in [0.2, 0.25) is 0 Å². The van der Waals surface area contributed by atoms with Crippen molar-refractivity contribution in [3.63, 3.8) is 0 Å². The monoisotopic (exact) mass is 214 g/mol. The lowest BCUT2D eigenvalue weighted by Gasteiger charge is -2.27. The molecule has 3 rings (SSSR count). The number of rotatable bonds is 0. The van der Waals surface area contributed by atoms with Crippen molar-refractivity contribution in [2.24, 2.45) is 0 Å². The Bertz CT molecular complexity index is 588. The van der Waals surface area contributed by atoms with Crippen LogP contribution in [-0.4, -0.2) is 5.60 Å². The maximum Gasteiger partial charge on any atom is 0.135 e. The van der Waals surface area contributed by atoms with Gasteiger partial charge in [0.25, 0.3) is 0 Å². The van der Waals surface area contributed by atoms with Crippen molar-refractivity contribution in [1.82, 2.24) is 0 Å². The second-order valence-corrected chi connectivity index (χ2v) is 4.79. The van der Waals surface area contributed by atoms with Crippen LogP contribution in [0, 0.1) is 6.92 Å². The molecule has 0 aliphatic carbocycles. The second kappa shape index (κ2) is 2.91. The van der Waals surface area contributed by atoms with Gasteiger partial charge in [-0.25, -0.2) is 0 Å². The lowest BCUT2D eigenvalue weighted by molar-refractivity contribution is 0.159. The first-order chi connectivity index (χ1) is 7.55. The molecule has 1 aliphatic rings. The lowest BCUT2D eigenvalue weighted by Crippen LogP contribution is -2.27. The minimum atomic E-state index is -0.223. The van der Waals surface area contributed by atoms with Crippen LogP contribution in [0.25, 0.3) is 17.0 Å². The minimum absolute atomic E-state index is 0.223. The van der Waals surface area contributed by atoms with Gasteiger partial charge in [-0.2, -0.15) is 0 Å². The van der Waals surface area contributed by atoms with Crippen LogP contribution >= 0.6 is 0 Å². The molecule has 0 saturated carbocycles. The predicted molar refractivity (Wildman–Crippen MR) is 64.7 cm³/mol. The Morgan fingerprint density at radius 3 is 2.81 bits per heavy atom. The van der Waals surface area contributed by atoms with Crippen molar-refractivity contribution >= 4 is 17.0 Å². The van der Waals surface area contributed by atoms with Crippen LogP contribution in [0.3, 0.4) is 0 Å². The highest BCUT2D eigenvalue weighted by molar-refractivity contribution is 5.91. The molecule has 2 heterocycles. The first kappa shape index (κ1) is 9.52. The number of benzene rings is 1. The molecule has 0 atom stereocenters. The fourth-order valence-corrected chi connectivity index (χ4v) is 2.10. The third kappa shape index (κ3) is 1.33. The molecule has 1 aromatic heterocycles. The van der Waals surface area contributed by atoms with E-state index in [-0.39, 0.29) is 5.60 Å². The Labute approximate surface area is 94.5 Å². The Balaban J connectivity index is 2.28. The van der Waals surface area contributed by atoms with Gasteiger partial charge in [0.2, 0.25) is 0 Å². The van der Waals surface area contributed by atoms with E-state index in [4.69, 9.17) is 9.15 Å². The maximum atomic E-state index is 5.91. The second-order valence-electron chi connectivity index (χ2n) is 4.79. The van der Waals surface area contributed by atoms with Crippen LogP contribution in [-0.2, 0) is 0 Å². The summed E-state index contributed by atoms with van der Waals surface area (Å²) in [6, 6.07) is 6.00. The van der Waals surface area contributed by atoms with Crippen LogP contribution < -0.4 is 4.74 Å². The SMILES string of the molecule is Cc1cc2c3c(ccc2o1)OC(C)(C)C=C3. The number of aryl methyl sites for hydroxylation is 1. The standard InChI is InChI=1S/C14H14O2/c1-9-8-11-10-6-7-14(2,3)16-13(10)5-4-12(11)15-9/h4-8H,1-3H3. The molecular weight excluding hydrogens is 200 g/mol. The van der Waals surface area contributed by atoms with E-state index >= 15 is 0 Å². The first-order valence-corrected chi connectivity index (χ1v) is 5.47. The van der Waals surface area contributed by atoms with Crippen molar-refractivity contribution < 1.29 is 9.15 Å². The molecular formula is C14H14O2. The van der Waals surface area contributed by atoms with Gasteiger partial charge in [0, 0.05) is 10.9 Å². The quantitative estimate of drug-likeness (QED) is 0.663. The molecule has 2 nitrogen and oxygen atoms in total. The van der Waals surface area contributed by atoms with Gasteiger partial charge in [-0.1, -0.05) is 6.08 Å². The van der Waals surface area contributed by atoms with E-state index in [9.17, 15) is 0 Å². The lowest BCUT2D eigenvalue weighted by atomic mass is 10.00. The van der Waals surface area contributed by atoms with Gasteiger partial charge in [-0.15, -0.1) is 0 Å². The normalized spacial score (nSPS) is 17.2. The van der Waals surface area contributed by atoms with Crippen LogP contribution in [0.1, 0.15) is 25.2 Å². The zero-order chi connectivity index (χ0) is 11.3. The Morgan fingerprint density at radius 2 is 2.00 bits per heavy atom. The molecule has 16 heavy (non-hydrogen) atoms. The molecule has 1 aliphatic heterocycles. The Hall–Kier alpha value is -1.70. The van der Waals surface area contributed by atoms with Gasteiger partial charge in [-0.3, -0.25) is 0 Å². The molecule has 0 saturated heterocycles. The molecule has 0 amide bonds. The molecule has 0 radical (unpaired) electrons. The molecule has 0 spiro atoms. The summed E-state index contributed by atoms with van der Waals surface area (Å²) in [5.41, 5.74) is 1.82. The summed E-state index contributed by atoms with van der Waals surface area (Å²) in [6.07, 6.45) is 4.20. The average molecular weight is 214 g/mol. The molecule has 0 N–H and O–H groups in total. The van der Waals surface area contributed by atoms with Crippen LogP contribution in [0.5, 0.6) is 5.75 Å². The van der Waals surface area contributed by atoms with E-state index in [2.05, 4.69) is 32.1 Å². The zero-order valence-corrected chi connectivity index (χ0v) is 9.70. The molecule has 0 unspecified atom stereocenters. The van der Waals surface area contributed by atoms with Crippen LogP contribution in [0.4, 0.5) is 0 Å². The van der Waals surface area contributed by atoms with Gasteiger partial charge in [0.1, 0.15) is 22.7 Å². The van der Waals surface area contributed by atoms with Crippen LogP contribution in [0.15, 0.2) is 28.7 Å². The van der Waals surface area contributed by atoms with E-state index in [1.165, 1.54) is 0 Å². The largest absolute Gasteiger partial charge is 0.483 e. The summed E-state index contributed by atoms with van der Waals surface area (Å²) in [5.74, 6) is 1.86. The van der Waals surface area contributed by atoms with E-state index in [1.807, 2.05) is 19.1 Å². The Kier molecular flexibility index (Phi) is 1.73. The minimum Gasteiger partial charge on any atom is -0.483 e. The van der Waals surface area contributed by atoms with Gasteiger partial charge < -0.3 is 9.15 Å². The van der Waals surface area contributed by atoms with E-state index in [0.717, 1.165) is 28.0 Å². The fourth-order valence-electron chi connectivity index (χ4n) is 2.10. The maximum absolute atomic E-state index is 5.91. The summed E-state index contributed by atoms with van der Waals surface area (Å²) < 4.78 is 11.5. The molecule has 82 valence electrons. The highest BCUT2D eigenvalue weighted by Crippen LogP contribution is 2.36. The molecule has 2 heteroatoms. The summed E-state index contributed by atoms with van der Waals surface area (Å²) >= 11 is 0. The topological polar surface area (TPSA) is 22.4 Å². The smallest absolute Gasteiger partial charge is 0.135 e. The fraction of sp³-hybridized carbons (Fsp3) is 0.286. The number of fused-ring (bicyclic) bond motifs is 3. The van der Waals surface area contributed by atoms with Crippen molar-refractivity contribution in [3.05, 3.63) is 35.6 Å². The molecule has 2 aromatic rings. The highest BCUT2D eigenvalue weighted by atomic mass is 16.5. The number of furan rings is 1. The van der Waals surface area contributed by atoms with Gasteiger partial charge >= 0.3 is 0 Å². The van der Waals surface area contributed by atoms with E-state index < -0.39 is 0 Å². The molecule has 1 aromatic carbocycles. The number of ether oxygens (including phenoxy) is 1. The van der Waals surface area contributed by atoms with Gasteiger partial charge in [0.15, 0.2) is 0 Å². The zero-order valence-electron chi connectivity index (χ0n) is 9.70.